The summed E-state index contributed by atoms with van der Waals surface area (Å²) < 4.78 is 16.8. The van der Waals surface area contributed by atoms with Crippen LogP contribution in [0.5, 0.6) is 17.2 Å². The fraction of sp³-hybridized carbons (Fsp3) is 0.0870. The van der Waals surface area contributed by atoms with Crippen LogP contribution in [0, 0.1) is 0 Å². The Hall–Kier alpha value is -2.95. The molecule has 3 aromatic carbocycles. The van der Waals surface area contributed by atoms with Gasteiger partial charge in [-0.3, -0.25) is 4.79 Å². The van der Waals surface area contributed by atoms with E-state index in [1.165, 1.54) is 0 Å². The largest absolute Gasteiger partial charge is 0.497 e. The van der Waals surface area contributed by atoms with Gasteiger partial charge in [0.1, 0.15) is 23.9 Å². The lowest BCUT2D eigenvalue weighted by molar-refractivity contribution is 0.101. The highest BCUT2D eigenvalue weighted by molar-refractivity contribution is 6.37. The molecule has 0 bridgehead atoms. The maximum atomic E-state index is 12.7. The van der Waals surface area contributed by atoms with Crippen LogP contribution < -0.4 is 14.2 Å². The Bertz CT molecular complexity index is 1100. The number of fused-ring (bicyclic) bond motifs is 1. The molecule has 1 heterocycles. The third-order valence-corrected chi connectivity index (χ3v) is 5.12. The smallest absolute Gasteiger partial charge is 0.231 e. The lowest BCUT2D eigenvalue weighted by atomic mass is 10.1. The van der Waals surface area contributed by atoms with Gasteiger partial charge < -0.3 is 14.2 Å². The van der Waals surface area contributed by atoms with Gasteiger partial charge in [-0.25, -0.2) is 0 Å². The van der Waals surface area contributed by atoms with Gasteiger partial charge in [0.25, 0.3) is 0 Å². The number of ketones is 1. The van der Waals surface area contributed by atoms with Gasteiger partial charge in [-0.05, 0) is 48.0 Å². The summed E-state index contributed by atoms with van der Waals surface area (Å²) in [5.74, 6) is 1.74. The number of rotatable bonds is 5. The van der Waals surface area contributed by atoms with Gasteiger partial charge >= 0.3 is 0 Å². The van der Waals surface area contributed by atoms with E-state index in [4.69, 9.17) is 37.4 Å². The van der Waals surface area contributed by atoms with Crippen molar-refractivity contribution in [1.82, 2.24) is 0 Å². The first-order valence-electron chi connectivity index (χ1n) is 8.83. The highest BCUT2D eigenvalue weighted by Gasteiger charge is 2.28. The molecule has 4 nitrogen and oxygen atoms in total. The zero-order valence-corrected chi connectivity index (χ0v) is 17.0. The van der Waals surface area contributed by atoms with Gasteiger partial charge in [0.15, 0.2) is 5.76 Å². The number of Topliss-reactive ketones (excluding diaryl/α,β-unsaturated/α-hetero) is 1. The molecule has 0 aromatic heterocycles. The minimum absolute atomic E-state index is 0.167. The van der Waals surface area contributed by atoms with Crippen molar-refractivity contribution < 1.29 is 19.0 Å². The van der Waals surface area contributed by atoms with Gasteiger partial charge in [-0.15, -0.1) is 0 Å². The van der Waals surface area contributed by atoms with E-state index in [9.17, 15) is 4.79 Å². The standard InChI is InChI=1S/C23H16Cl2O4/c1-27-15-5-2-4-14(10-15)13-28-16-8-9-17-21(11-16)29-22(23(17)26)12-18-19(24)6-3-7-20(18)25/h2-12H,13H2,1H3/b22-12-. The molecule has 1 aliphatic heterocycles. The lowest BCUT2D eigenvalue weighted by Gasteiger charge is -2.08. The Labute approximate surface area is 178 Å². The normalized spacial score (nSPS) is 13.9. The molecule has 0 saturated heterocycles. The molecule has 29 heavy (non-hydrogen) atoms. The number of allylic oxidation sites excluding steroid dienone is 1. The summed E-state index contributed by atoms with van der Waals surface area (Å²) >= 11 is 12.4. The molecule has 0 spiro atoms. The zero-order chi connectivity index (χ0) is 20.4. The summed E-state index contributed by atoms with van der Waals surface area (Å²) in [6.07, 6.45) is 1.56. The van der Waals surface area contributed by atoms with E-state index < -0.39 is 0 Å². The molecular weight excluding hydrogens is 411 g/mol. The quantitative estimate of drug-likeness (QED) is 0.455. The predicted octanol–water partition coefficient (Wildman–Crippen LogP) is 6.20. The second-order valence-corrected chi connectivity index (χ2v) is 7.19. The number of carbonyl (C=O) groups excluding carboxylic acids is 1. The first-order chi connectivity index (χ1) is 14.0. The molecule has 0 saturated carbocycles. The molecule has 0 radical (unpaired) electrons. The van der Waals surface area contributed by atoms with Gasteiger partial charge in [0.2, 0.25) is 5.78 Å². The van der Waals surface area contributed by atoms with Crippen molar-refractivity contribution in [3.63, 3.8) is 0 Å². The topological polar surface area (TPSA) is 44.8 Å². The maximum absolute atomic E-state index is 12.7. The van der Waals surface area contributed by atoms with Crippen LogP contribution in [0.15, 0.2) is 66.4 Å². The fourth-order valence-corrected chi connectivity index (χ4v) is 3.47. The van der Waals surface area contributed by atoms with E-state index >= 15 is 0 Å². The van der Waals surface area contributed by atoms with Gasteiger partial charge in [-0.1, -0.05) is 41.4 Å². The minimum Gasteiger partial charge on any atom is -0.497 e. The molecule has 0 aliphatic carbocycles. The number of methoxy groups -OCH3 is 1. The average Bonchev–Trinajstić information content (AvgIpc) is 3.04. The summed E-state index contributed by atoms with van der Waals surface area (Å²) in [6, 6.07) is 17.9. The molecule has 0 fully saturated rings. The molecule has 0 N–H and O–H groups in total. The van der Waals surface area contributed by atoms with Crippen LogP contribution in [0.25, 0.3) is 6.08 Å². The minimum atomic E-state index is -0.227. The van der Waals surface area contributed by atoms with Crippen LogP contribution in [-0.4, -0.2) is 12.9 Å². The van der Waals surface area contributed by atoms with Gasteiger partial charge in [0, 0.05) is 21.7 Å². The number of ether oxygens (including phenoxy) is 3. The number of hydrogen-bond acceptors (Lipinski definition) is 4. The van der Waals surface area contributed by atoms with E-state index in [1.54, 1.807) is 49.6 Å². The van der Waals surface area contributed by atoms with Crippen molar-refractivity contribution >= 4 is 35.1 Å². The van der Waals surface area contributed by atoms with Gasteiger partial charge in [0.05, 0.1) is 12.7 Å². The van der Waals surface area contributed by atoms with Crippen LogP contribution in [0.4, 0.5) is 0 Å². The van der Waals surface area contributed by atoms with Crippen LogP contribution in [0.2, 0.25) is 10.0 Å². The Morgan fingerprint density at radius 3 is 2.48 bits per heavy atom. The fourth-order valence-electron chi connectivity index (χ4n) is 2.97. The van der Waals surface area contributed by atoms with Crippen molar-refractivity contribution in [2.24, 2.45) is 0 Å². The SMILES string of the molecule is COc1cccc(COc2ccc3c(c2)O/C(=C\c2c(Cl)cccc2Cl)C3=O)c1. The zero-order valence-electron chi connectivity index (χ0n) is 15.4. The molecule has 1 aliphatic rings. The Morgan fingerprint density at radius 1 is 0.966 bits per heavy atom. The summed E-state index contributed by atoms with van der Waals surface area (Å²) in [6.45, 7) is 0.363. The number of benzene rings is 3. The van der Waals surface area contributed by atoms with E-state index in [0.29, 0.717) is 39.3 Å². The van der Waals surface area contributed by atoms with Crippen LogP contribution >= 0.6 is 23.2 Å². The third-order valence-electron chi connectivity index (χ3n) is 4.46. The van der Waals surface area contributed by atoms with Crippen molar-refractivity contribution in [1.29, 1.82) is 0 Å². The Balaban J connectivity index is 1.53. The number of hydrogen-bond donors (Lipinski definition) is 0. The van der Waals surface area contributed by atoms with Crippen LogP contribution in [0.1, 0.15) is 21.5 Å². The van der Waals surface area contributed by atoms with Crippen LogP contribution in [0.3, 0.4) is 0 Å². The Kier molecular flexibility index (Phi) is 5.47. The van der Waals surface area contributed by atoms with Crippen molar-refractivity contribution in [2.45, 2.75) is 6.61 Å². The van der Waals surface area contributed by atoms with Crippen molar-refractivity contribution in [3.8, 4) is 17.2 Å². The Morgan fingerprint density at radius 2 is 1.72 bits per heavy atom. The summed E-state index contributed by atoms with van der Waals surface area (Å²) in [7, 11) is 1.62. The second-order valence-electron chi connectivity index (χ2n) is 6.37. The summed E-state index contributed by atoms with van der Waals surface area (Å²) in [5.41, 5.74) is 1.98. The van der Waals surface area contributed by atoms with E-state index in [0.717, 1.165) is 11.3 Å². The third kappa shape index (κ3) is 4.09. The molecule has 0 amide bonds. The van der Waals surface area contributed by atoms with Crippen molar-refractivity contribution in [2.75, 3.05) is 7.11 Å². The molecule has 0 unspecified atom stereocenters. The first-order valence-corrected chi connectivity index (χ1v) is 9.59. The molecular formula is C23H16Cl2O4. The number of halogens is 2. The van der Waals surface area contributed by atoms with E-state index in [2.05, 4.69) is 0 Å². The highest BCUT2D eigenvalue weighted by Crippen LogP contribution is 2.36. The summed E-state index contributed by atoms with van der Waals surface area (Å²) in [4.78, 5) is 12.7. The lowest BCUT2D eigenvalue weighted by Crippen LogP contribution is -1.98. The average molecular weight is 427 g/mol. The molecule has 146 valence electrons. The molecule has 6 heteroatoms. The highest BCUT2D eigenvalue weighted by atomic mass is 35.5. The molecule has 4 rings (SSSR count). The molecule has 0 atom stereocenters. The van der Waals surface area contributed by atoms with Crippen LogP contribution in [-0.2, 0) is 6.61 Å². The predicted molar refractivity (Wildman–Crippen MR) is 113 cm³/mol. The molecule has 3 aromatic rings. The number of carbonyl (C=O) groups is 1. The maximum Gasteiger partial charge on any atom is 0.231 e. The first kappa shape index (κ1) is 19.4. The van der Waals surface area contributed by atoms with Gasteiger partial charge in [-0.2, -0.15) is 0 Å². The monoisotopic (exact) mass is 426 g/mol. The van der Waals surface area contributed by atoms with E-state index in [-0.39, 0.29) is 11.5 Å². The van der Waals surface area contributed by atoms with Crippen molar-refractivity contribution in [3.05, 3.63) is 93.2 Å². The second kappa shape index (κ2) is 8.19. The van der Waals surface area contributed by atoms with E-state index in [1.807, 2.05) is 24.3 Å². The summed E-state index contributed by atoms with van der Waals surface area (Å²) in [5, 5.41) is 0.888.